The summed E-state index contributed by atoms with van der Waals surface area (Å²) in [5.41, 5.74) is -1.45. The van der Waals surface area contributed by atoms with Crippen LogP contribution in [0, 0.1) is 10.1 Å². The third-order valence-corrected chi connectivity index (χ3v) is 6.71. The number of hydrogen-bond donors (Lipinski definition) is 0. The fraction of sp³-hybridized carbons (Fsp3) is 0.679. The van der Waals surface area contributed by atoms with Gasteiger partial charge in [-0.1, -0.05) is 6.92 Å². The standard InChI is InChI=1S/C28H42N4O9/c1-9-20(24(33)38-8)31(26(35)41-28(5,6)7)21-15-23-18(14-22(21)32(36)37)16-29-11-12-30(17-19(29)10-13-39-23)25(34)40-27(2,3)4/h14-15,19-20H,9-13,16-17H2,1-8H3/t19-,20?/m1/s1. The first-order valence-electron chi connectivity index (χ1n) is 13.8. The second kappa shape index (κ2) is 12.5. The number of esters is 1. The maximum absolute atomic E-state index is 13.4. The molecule has 0 bridgehead atoms. The lowest BCUT2D eigenvalue weighted by Crippen LogP contribution is -2.55. The molecule has 0 saturated carbocycles. The van der Waals surface area contributed by atoms with Crippen molar-refractivity contribution in [1.82, 2.24) is 9.80 Å². The van der Waals surface area contributed by atoms with Crippen molar-refractivity contribution < 1.29 is 38.3 Å². The number of methoxy groups -OCH3 is 1. The van der Waals surface area contributed by atoms with Crippen LogP contribution in [0.5, 0.6) is 5.75 Å². The normalized spacial score (nSPS) is 18.4. The highest BCUT2D eigenvalue weighted by Gasteiger charge is 2.40. The number of hydrogen-bond acceptors (Lipinski definition) is 10. The van der Waals surface area contributed by atoms with Crippen LogP contribution >= 0.6 is 0 Å². The molecule has 0 spiro atoms. The molecule has 2 heterocycles. The van der Waals surface area contributed by atoms with Crippen molar-refractivity contribution in [2.45, 2.75) is 91.1 Å². The number of nitrogens with zero attached hydrogens (tertiary/aromatic N) is 4. The number of benzene rings is 1. The molecule has 13 nitrogen and oxygen atoms in total. The van der Waals surface area contributed by atoms with Gasteiger partial charge in [-0.2, -0.15) is 0 Å². The van der Waals surface area contributed by atoms with Gasteiger partial charge in [-0.15, -0.1) is 0 Å². The minimum atomic E-state index is -1.16. The summed E-state index contributed by atoms with van der Waals surface area (Å²) >= 11 is 0. The molecule has 0 aliphatic carbocycles. The first kappa shape index (κ1) is 31.9. The minimum absolute atomic E-state index is 0.0368. The summed E-state index contributed by atoms with van der Waals surface area (Å²) in [5, 5.41) is 12.3. The third-order valence-electron chi connectivity index (χ3n) is 6.71. The molecule has 228 valence electrons. The van der Waals surface area contributed by atoms with E-state index in [1.807, 2.05) is 20.8 Å². The van der Waals surface area contributed by atoms with E-state index in [9.17, 15) is 24.5 Å². The van der Waals surface area contributed by atoms with Crippen LogP contribution in [0.25, 0.3) is 0 Å². The molecule has 1 aromatic rings. The van der Waals surface area contributed by atoms with E-state index in [2.05, 4.69) is 4.90 Å². The van der Waals surface area contributed by atoms with Gasteiger partial charge in [0.25, 0.3) is 5.69 Å². The van der Waals surface area contributed by atoms with Gasteiger partial charge in [0, 0.05) is 49.9 Å². The van der Waals surface area contributed by atoms with Gasteiger partial charge in [-0.25, -0.2) is 14.4 Å². The maximum Gasteiger partial charge on any atom is 0.415 e. The third kappa shape index (κ3) is 7.99. The summed E-state index contributed by atoms with van der Waals surface area (Å²) in [6.07, 6.45) is -0.563. The number of nitro benzene ring substituents is 1. The lowest BCUT2D eigenvalue weighted by molar-refractivity contribution is -0.384. The Morgan fingerprint density at radius 3 is 2.34 bits per heavy atom. The molecule has 2 aliphatic heterocycles. The van der Waals surface area contributed by atoms with Crippen molar-refractivity contribution in [2.24, 2.45) is 0 Å². The molecule has 0 N–H and O–H groups in total. The van der Waals surface area contributed by atoms with E-state index in [0.717, 1.165) is 4.90 Å². The molecule has 2 amide bonds. The summed E-state index contributed by atoms with van der Waals surface area (Å²) in [6, 6.07) is 1.62. The lowest BCUT2D eigenvalue weighted by Gasteiger charge is -2.42. The van der Waals surface area contributed by atoms with E-state index in [-0.39, 0.29) is 36.5 Å². The van der Waals surface area contributed by atoms with Crippen LogP contribution in [0.15, 0.2) is 12.1 Å². The highest BCUT2D eigenvalue weighted by atomic mass is 16.6. The van der Waals surface area contributed by atoms with E-state index < -0.39 is 34.2 Å². The number of rotatable bonds is 5. The summed E-state index contributed by atoms with van der Waals surface area (Å²) in [4.78, 5) is 55.3. The molecule has 0 aromatic heterocycles. The molecule has 1 aromatic carbocycles. The molecule has 1 fully saturated rings. The predicted octanol–water partition coefficient (Wildman–Crippen LogP) is 4.49. The van der Waals surface area contributed by atoms with E-state index >= 15 is 0 Å². The SMILES string of the molecule is CCC(C(=O)OC)N(C(=O)OC(C)(C)C)c1cc2c(cc1[N+](=O)[O-])CN1CCN(C(=O)OC(C)(C)C)C[C@H]1CCO2. The number of ether oxygens (including phenoxy) is 4. The van der Waals surface area contributed by atoms with Gasteiger partial charge in [-0.3, -0.25) is 19.9 Å². The topological polar surface area (TPSA) is 141 Å². The van der Waals surface area contributed by atoms with Crippen molar-refractivity contribution in [3.05, 3.63) is 27.8 Å². The van der Waals surface area contributed by atoms with Gasteiger partial charge < -0.3 is 23.8 Å². The largest absolute Gasteiger partial charge is 0.493 e. The Balaban J connectivity index is 1.99. The van der Waals surface area contributed by atoms with E-state index in [4.69, 9.17) is 18.9 Å². The van der Waals surface area contributed by atoms with Crippen molar-refractivity contribution in [2.75, 3.05) is 38.3 Å². The smallest absolute Gasteiger partial charge is 0.415 e. The van der Waals surface area contributed by atoms with Gasteiger partial charge >= 0.3 is 18.2 Å². The van der Waals surface area contributed by atoms with E-state index in [1.165, 1.54) is 19.2 Å². The van der Waals surface area contributed by atoms with Crippen LogP contribution in [0.4, 0.5) is 21.0 Å². The fourth-order valence-electron chi connectivity index (χ4n) is 4.88. The highest BCUT2D eigenvalue weighted by Crippen LogP contribution is 2.39. The van der Waals surface area contributed by atoms with Gasteiger partial charge in [0.05, 0.1) is 18.6 Å². The van der Waals surface area contributed by atoms with Crippen molar-refractivity contribution in [3.8, 4) is 5.75 Å². The first-order chi connectivity index (χ1) is 19.0. The average Bonchev–Trinajstić information content (AvgIpc) is 2.84. The quantitative estimate of drug-likeness (QED) is 0.212. The first-order valence-corrected chi connectivity index (χ1v) is 13.8. The Morgan fingerprint density at radius 2 is 1.78 bits per heavy atom. The Bertz CT molecular complexity index is 1160. The molecule has 2 atom stereocenters. The summed E-state index contributed by atoms with van der Waals surface area (Å²) in [6.45, 7) is 14.2. The van der Waals surface area contributed by atoms with E-state index in [0.29, 0.717) is 43.9 Å². The number of fused-ring (bicyclic) bond motifs is 2. The second-order valence-electron chi connectivity index (χ2n) is 12.2. The predicted molar refractivity (Wildman–Crippen MR) is 150 cm³/mol. The molecular weight excluding hydrogens is 536 g/mol. The summed E-state index contributed by atoms with van der Waals surface area (Å²) in [7, 11) is 1.19. The summed E-state index contributed by atoms with van der Waals surface area (Å²) in [5.74, 6) is -0.363. The zero-order valence-electron chi connectivity index (χ0n) is 25.2. The molecule has 3 rings (SSSR count). The number of nitro groups is 1. The van der Waals surface area contributed by atoms with Gasteiger partial charge in [0.2, 0.25) is 0 Å². The molecule has 0 radical (unpaired) electrons. The molecule has 1 unspecified atom stereocenters. The van der Waals surface area contributed by atoms with Gasteiger partial charge in [-0.05, 0) is 54.4 Å². The Labute approximate surface area is 240 Å². The number of carbonyl (C=O) groups excluding carboxylic acids is 3. The maximum atomic E-state index is 13.4. The van der Waals surface area contributed by atoms with Crippen molar-refractivity contribution >= 4 is 29.5 Å². The molecule has 1 saturated heterocycles. The van der Waals surface area contributed by atoms with Crippen LogP contribution in [0.2, 0.25) is 0 Å². The minimum Gasteiger partial charge on any atom is -0.493 e. The van der Waals surface area contributed by atoms with Crippen molar-refractivity contribution in [3.63, 3.8) is 0 Å². The molecule has 2 aliphatic rings. The van der Waals surface area contributed by atoms with Crippen molar-refractivity contribution in [1.29, 1.82) is 0 Å². The fourth-order valence-corrected chi connectivity index (χ4v) is 4.88. The molecule has 13 heteroatoms. The molecule has 41 heavy (non-hydrogen) atoms. The van der Waals surface area contributed by atoms with Gasteiger partial charge in [0.1, 0.15) is 28.7 Å². The van der Waals surface area contributed by atoms with E-state index in [1.54, 1.807) is 32.6 Å². The monoisotopic (exact) mass is 578 g/mol. The van der Waals surface area contributed by atoms with Crippen LogP contribution in [0.3, 0.4) is 0 Å². The second-order valence-corrected chi connectivity index (χ2v) is 12.2. The Kier molecular flexibility index (Phi) is 9.73. The average molecular weight is 579 g/mol. The zero-order chi connectivity index (χ0) is 30.7. The summed E-state index contributed by atoms with van der Waals surface area (Å²) < 4.78 is 22.1. The molecular formula is C28H42N4O9. The van der Waals surface area contributed by atoms with Crippen LogP contribution in [-0.2, 0) is 25.5 Å². The number of anilines is 1. The van der Waals surface area contributed by atoms with Crippen LogP contribution in [-0.4, -0.2) is 89.5 Å². The van der Waals surface area contributed by atoms with Crippen LogP contribution < -0.4 is 9.64 Å². The number of carbonyl (C=O) groups is 3. The number of piperazine rings is 1. The Morgan fingerprint density at radius 1 is 1.12 bits per heavy atom. The Hall–Kier alpha value is -3.61. The lowest BCUT2D eigenvalue weighted by atomic mass is 10.0. The number of amides is 2. The highest BCUT2D eigenvalue weighted by molar-refractivity contribution is 5.98. The van der Waals surface area contributed by atoms with Gasteiger partial charge in [0.15, 0.2) is 0 Å². The van der Waals surface area contributed by atoms with Crippen LogP contribution in [0.1, 0.15) is 66.9 Å². The zero-order valence-corrected chi connectivity index (χ0v) is 25.2.